The summed E-state index contributed by atoms with van der Waals surface area (Å²) < 4.78 is 10.5. The minimum atomic E-state index is 0.557. The molecule has 1 N–H and O–H groups in total. The number of aromatic nitrogens is 2. The first-order chi connectivity index (χ1) is 9.72. The maximum atomic E-state index is 6.30. The largest absolute Gasteiger partial charge is 0.493 e. The SMILES string of the molecule is COc1cc(Cl)c(-c2nc3ccccc3[nH]2)cc1OC. The van der Waals surface area contributed by atoms with Gasteiger partial charge in [0.05, 0.1) is 30.3 Å². The molecule has 0 aliphatic carbocycles. The number of benzene rings is 2. The van der Waals surface area contributed by atoms with Gasteiger partial charge in [-0.3, -0.25) is 0 Å². The van der Waals surface area contributed by atoms with Gasteiger partial charge in [0.1, 0.15) is 5.82 Å². The van der Waals surface area contributed by atoms with Gasteiger partial charge in [0.25, 0.3) is 0 Å². The summed E-state index contributed by atoms with van der Waals surface area (Å²) in [5, 5.41) is 0.557. The quantitative estimate of drug-likeness (QED) is 0.795. The Kier molecular flexibility index (Phi) is 3.24. The Balaban J connectivity index is 2.18. The number of methoxy groups -OCH3 is 2. The van der Waals surface area contributed by atoms with Crippen molar-refractivity contribution in [1.82, 2.24) is 9.97 Å². The molecule has 0 radical (unpaired) electrons. The Morgan fingerprint density at radius 1 is 1.05 bits per heavy atom. The first-order valence-electron chi connectivity index (χ1n) is 6.09. The third-order valence-electron chi connectivity index (χ3n) is 3.12. The summed E-state index contributed by atoms with van der Waals surface area (Å²) in [6.07, 6.45) is 0. The van der Waals surface area contributed by atoms with Gasteiger partial charge in [-0.25, -0.2) is 4.98 Å². The number of nitrogens with zero attached hydrogens (tertiary/aromatic N) is 1. The van der Waals surface area contributed by atoms with Crippen LogP contribution in [0.4, 0.5) is 0 Å². The summed E-state index contributed by atoms with van der Waals surface area (Å²) in [6, 6.07) is 11.4. The molecule has 0 aliphatic rings. The summed E-state index contributed by atoms with van der Waals surface area (Å²) in [7, 11) is 3.17. The molecule has 0 spiro atoms. The van der Waals surface area contributed by atoms with E-state index in [1.165, 1.54) is 0 Å². The van der Waals surface area contributed by atoms with Crippen LogP contribution in [0.3, 0.4) is 0 Å². The maximum absolute atomic E-state index is 6.30. The van der Waals surface area contributed by atoms with Crippen LogP contribution in [-0.2, 0) is 0 Å². The van der Waals surface area contributed by atoms with E-state index < -0.39 is 0 Å². The number of nitrogens with one attached hydrogen (secondary N) is 1. The molecule has 20 heavy (non-hydrogen) atoms. The van der Waals surface area contributed by atoms with Crippen molar-refractivity contribution in [3.05, 3.63) is 41.4 Å². The fraction of sp³-hybridized carbons (Fsp3) is 0.133. The van der Waals surface area contributed by atoms with Crippen molar-refractivity contribution in [3.8, 4) is 22.9 Å². The van der Waals surface area contributed by atoms with Gasteiger partial charge in [0.2, 0.25) is 0 Å². The number of hydrogen-bond donors (Lipinski definition) is 1. The Labute approximate surface area is 121 Å². The highest BCUT2D eigenvalue weighted by atomic mass is 35.5. The van der Waals surface area contributed by atoms with Crippen molar-refractivity contribution in [2.75, 3.05) is 14.2 Å². The molecule has 0 bridgehead atoms. The van der Waals surface area contributed by atoms with Crippen molar-refractivity contribution in [2.45, 2.75) is 0 Å². The number of halogens is 1. The highest BCUT2D eigenvalue weighted by molar-refractivity contribution is 6.33. The topological polar surface area (TPSA) is 47.1 Å². The fourth-order valence-corrected chi connectivity index (χ4v) is 2.36. The molecule has 1 heterocycles. The lowest BCUT2D eigenvalue weighted by atomic mass is 10.2. The third kappa shape index (κ3) is 2.08. The summed E-state index contributed by atoms with van der Waals surface area (Å²) in [6.45, 7) is 0. The highest BCUT2D eigenvalue weighted by Crippen LogP contribution is 2.37. The van der Waals surface area contributed by atoms with Crippen molar-refractivity contribution in [1.29, 1.82) is 0 Å². The molecule has 3 rings (SSSR count). The van der Waals surface area contributed by atoms with E-state index >= 15 is 0 Å². The lowest BCUT2D eigenvalue weighted by molar-refractivity contribution is 0.355. The standard InChI is InChI=1S/C15H13ClN2O2/c1-19-13-7-9(10(16)8-14(13)20-2)15-17-11-5-3-4-6-12(11)18-15/h3-8H,1-2H3,(H,17,18). The summed E-state index contributed by atoms with van der Waals surface area (Å²) in [5.41, 5.74) is 2.64. The number of aromatic amines is 1. The maximum Gasteiger partial charge on any atom is 0.162 e. The number of H-pyrrole nitrogens is 1. The fourth-order valence-electron chi connectivity index (χ4n) is 2.12. The van der Waals surface area contributed by atoms with E-state index in [-0.39, 0.29) is 0 Å². The van der Waals surface area contributed by atoms with Crippen LogP contribution >= 0.6 is 11.6 Å². The van der Waals surface area contributed by atoms with Gasteiger partial charge in [-0.1, -0.05) is 23.7 Å². The molecule has 0 aliphatic heterocycles. The molecule has 0 saturated carbocycles. The zero-order chi connectivity index (χ0) is 14.1. The average Bonchev–Trinajstić information content (AvgIpc) is 2.90. The van der Waals surface area contributed by atoms with Gasteiger partial charge in [-0.05, 0) is 18.2 Å². The summed E-state index contributed by atoms with van der Waals surface area (Å²) >= 11 is 6.30. The van der Waals surface area contributed by atoms with Gasteiger partial charge in [0, 0.05) is 11.6 Å². The lowest BCUT2D eigenvalue weighted by Crippen LogP contribution is -1.92. The number of ether oxygens (including phenoxy) is 2. The van der Waals surface area contributed by atoms with Gasteiger partial charge in [0.15, 0.2) is 11.5 Å². The number of imidazole rings is 1. The molecule has 102 valence electrons. The summed E-state index contributed by atoms with van der Waals surface area (Å²) in [4.78, 5) is 7.79. The number of rotatable bonds is 3. The van der Waals surface area contributed by atoms with Crippen molar-refractivity contribution in [2.24, 2.45) is 0 Å². The van der Waals surface area contributed by atoms with E-state index in [2.05, 4.69) is 9.97 Å². The molecule has 0 atom stereocenters. The second kappa shape index (κ2) is 5.06. The highest BCUT2D eigenvalue weighted by Gasteiger charge is 2.14. The van der Waals surface area contributed by atoms with Crippen LogP contribution in [0.15, 0.2) is 36.4 Å². The van der Waals surface area contributed by atoms with Crippen molar-refractivity contribution >= 4 is 22.6 Å². The van der Waals surface area contributed by atoms with E-state index in [0.29, 0.717) is 22.3 Å². The lowest BCUT2D eigenvalue weighted by Gasteiger charge is -2.10. The Hall–Kier alpha value is -2.20. The number of hydrogen-bond acceptors (Lipinski definition) is 3. The van der Waals surface area contributed by atoms with E-state index in [4.69, 9.17) is 21.1 Å². The minimum absolute atomic E-state index is 0.557. The molecule has 3 aromatic rings. The molecular weight excluding hydrogens is 276 g/mol. The van der Waals surface area contributed by atoms with Gasteiger partial charge < -0.3 is 14.5 Å². The van der Waals surface area contributed by atoms with Crippen LogP contribution in [-0.4, -0.2) is 24.2 Å². The van der Waals surface area contributed by atoms with E-state index in [0.717, 1.165) is 16.6 Å². The molecule has 2 aromatic carbocycles. The van der Waals surface area contributed by atoms with Gasteiger partial charge in [-0.2, -0.15) is 0 Å². The average molecular weight is 289 g/mol. The first-order valence-corrected chi connectivity index (χ1v) is 6.47. The van der Waals surface area contributed by atoms with Gasteiger partial charge >= 0.3 is 0 Å². The zero-order valence-corrected chi connectivity index (χ0v) is 11.9. The second-order valence-corrected chi connectivity index (χ2v) is 4.70. The molecule has 0 unspecified atom stereocenters. The smallest absolute Gasteiger partial charge is 0.162 e. The third-order valence-corrected chi connectivity index (χ3v) is 3.43. The monoisotopic (exact) mass is 288 g/mol. The summed E-state index contributed by atoms with van der Waals surface area (Å²) in [5.74, 6) is 1.92. The van der Waals surface area contributed by atoms with Gasteiger partial charge in [-0.15, -0.1) is 0 Å². The predicted octanol–water partition coefficient (Wildman–Crippen LogP) is 3.90. The predicted molar refractivity (Wildman–Crippen MR) is 79.6 cm³/mol. The van der Waals surface area contributed by atoms with E-state index in [9.17, 15) is 0 Å². The van der Waals surface area contributed by atoms with Crippen LogP contribution in [0.5, 0.6) is 11.5 Å². The molecule has 4 nitrogen and oxygen atoms in total. The minimum Gasteiger partial charge on any atom is -0.493 e. The van der Waals surface area contributed by atoms with Crippen LogP contribution in [0.2, 0.25) is 5.02 Å². The van der Waals surface area contributed by atoms with Crippen LogP contribution in [0.25, 0.3) is 22.4 Å². The second-order valence-electron chi connectivity index (χ2n) is 4.29. The van der Waals surface area contributed by atoms with E-state index in [1.54, 1.807) is 20.3 Å². The molecule has 5 heteroatoms. The number of fused-ring (bicyclic) bond motifs is 1. The van der Waals surface area contributed by atoms with Crippen LogP contribution in [0.1, 0.15) is 0 Å². The van der Waals surface area contributed by atoms with E-state index in [1.807, 2.05) is 30.3 Å². The van der Waals surface area contributed by atoms with Crippen LogP contribution < -0.4 is 9.47 Å². The number of para-hydroxylation sites is 2. The normalized spacial score (nSPS) is 10.8. The zero-order valence-electron chi connectivity index (χ0n) is 11.1. The van der Waals surface area contributed by atoms with Crippen molar-refractivity contribution in [3.63, 3.8) is 0 Å². The molecule has 0 fully saturated rings. The van der Waals surface area contributed by atoms with Crippen LogP contribution in [0, 0.1) is 0 Å². The Morgan fingerprint density at radius 3 is 2.45 bits per heavy atom. The Bertz CT molecular complexity index is 735. The molecule has 0 amide bonds. The first kappa shape index (κ1) is 12.8. The van der Waals surface area contributed by atoms with Crippen molar-refractivity contribution < 1.29 is 9.47 Å². The molecule has 0 saturated heterocycles. The molecular formula is C15H13ClN2O2. The Morgan fingerprint density at radius 2 is 1.75 bits per heavy atom. The molecule has 1 aromatic heterocycles.